The highest BCUT2D eigenvalue weighted by molar-refractivity contribution is 5.73. The van der Waals surface area contributed by atoms with Gasteiger partial charge in [-0.15, -0.1) is 0 Å². The molecule has 1 fully saturated rings. The third-order valence-corrected chi connectivity index (χ3v) is 3.08. The summed E-state index contributed by atoms with van der Waals surface area (Å²) in [5, 5.41) is 6.31. The highest BCUT2D eigenvalue weighted by atomic mass is 16.2. The highest BCUT2D eigenvalue weighted by Gasteiger charge is 2.17. The first-order valence-corrected chi connectivity index (χ1v) is 6.43. The Morgan fingerprint density at radius 1 is 1.56 bits per heavy atom. The zero-order valence-electron chi connectivity index (χ0n) is 10.6. The monoisotopic (exact) mass is 227 g/mol. The number of hydrogen-bond donors (Lipinski definition) is 2. The van der Waals surface area contributed by atoms with Gasteiger partial charge in [-0.25, -0.2) is 4.79 Å². The fourth-order valence-corrected chi connectivity index (χ4v) is 2.06. The fraction of sp³-hybridized carbons (Fsp3) is 0.917. The van der Waals surface area contributed by atoms with Crippen LogP contribution in [0, 0.1) is 5.92 Å². The second-order valence-corrected chi connectivity index (χ2v) is 4.68. The van der Waals surface area contributed by atoms with E-state index in [0.717, 1.165) is 39.0 Å². The summed E-state index contributed by atoms with van der Waals surface area (Å²) in [7, 11) is 1.88. The molecule has 0 spiro atoms. The summed E-state index contributed by atoms with van der Waals surface area (Å²) < 4.78 is 0. The van der Waals surface area contributed by atoms with Gasteiger partial charge < -0.3 is 15.5 Å². The lowest BCUT2D eigenvalue weighted by Crippen LogP contribution is -2.43. The molecule has 1 saturated heterocycles. The summed E-state index contributed by atoms with van der Waals surface area (Å²) in [6, 6.07) is 0.0685. The molecular weight excluding hydrogens is 202 g/mol. The molecule has 2 amide bonds. The second kappa shape index (κ2) is 7.49. The number of unbranched alkanes of at least 4 members (excludes halogenated alkanes) is 1. The molecule has 1 aliphatic heterocycles. The number of carbonyl (C=O) groups excluding carboxylic acids is 1. The van der Waals surface area contributed by atoms with Crippen LogP contribution in [0.1, 0.15) is 32.6 Å². The maximum absolute atomic E-state index is 11.7. The van der Waals surface area contributed by atoms with Crippen molar-refractivity contribution in [3.8, 4) is 0 Å². The predicted molar refractivity (Wildman–Crippen MR) is 66.5 cm³/mol. The summed E-state index contributed by atoms with van der Waals surface area (Å²) in [6.07, 6.45) is 4.65. The summed E-state index contributed by atoms with van der Waals surface area (Å²) in [5.74, 6) is 0.621. The molecule has 0 aromatic carbocycles. The lowest BCUT2D eigenvalue weighted by molar-refractivity contribution is 0.194. The van der Waals surface area contributed by atoms with Crippen molar-refractivity contribution in [1.82, 2.24) is 15.5 Å². The lowest BCUT2D eigenvalue weighted by atomic mass is 9.99. The molecule has 4 heteroatoms. The van der Waals surface area contributed by atoms with Crippen LogP contribution in [-0.2, 0) is 0 Å². The fourth-order valence-electron chi connectivity index (χ4n) is 2.06. The van der Waals surface area contributed by atoms with Crippen molar-refractivity contribution >= 4 is 6.03 Å². The molecule has 16 heavy (non-hydrogen) atoms. The van der Waals surface area contributed by atoms with Crippen LogP contribution >= 0.6 is 0 Å². The van der Waals surface area contributed by atoms with E-state index in [-0.39, 0.29) is 6.03 Å². The van der Waals surface area contributed by atoms with Crippen molar-refractivity contribution < 1.29 is 4.79 Å². The van der Waals surface area contributed by atoms with Crippen LogP contribution in [0.15, 0.2) is 0 Å². The number of amides is 2. The first kappa shape index (κ1) is 13.3. The van der Waals surface area contributed by atoms with Crippen molar-refractivity contribution in [2.45, 2.75) is 32.6 Å². The molecule has 0 bridgehead atoms. The van der Waals surface area contributed by atoms with Crippen molar-refractivity contribution in [2.24, 2.45) is 5.92 Å². The summed E-state index contributed by atoms with van der Waals surface area (Å²) in [5.41, 5.74) is 0. The van der Waals surface area contributed by atoms with Gasteiger partial charge in [0, 0.05) is 20.1 Å². The van der Waals surface area contributed by atoms with Gasteiger partial charge in [0.25, 0.3) is 0 Å². The molecular formula is C12H25N3O. The van der Waals surface area contributed by atoms with Crippen molar-refractivity contribution in [2.75, 3.05) is 33.2 Å². The Bertz CT molecular complexity index is 202. The average molecular weight is 227 g/mol. The van der Waals surface area contributed by atoms with Gasteiger partial charge >= 0.3 is 6.03 Å². The summed E-state index contributed by atoms with van der Waals surface area (Å²) in [4.78, 5) is 13.5. The molecule has 1 aliphatic rings. The molecule has 2 N–H and O–H groups in total. The van der Waals surface area contributed by atoms with Gasteiger partial charge in [-0.3, -0.25) is 0 Å². The van der Waals surface area contributed by atoms with Gasteiger partial charge in [0.15, 0.2) is 0 Å². The summed E-state index contributed by atoms with van der Waals surface area (Å²) in [6.45, 7) is 5.96. The molecule has 4 nitrogen and oxygen atoms in total. The van der Waals surface area contributed by atoms with Crippen LogP contribution in [0.25, 0.3) is 0 Å². The molecule has 1 rings (SSSR count). The van der Waals surface area contributed by atoms with Crippen molar-refractivity contribution in [3.05, 3.63) is 0 Å². The van der Waals surface area contributed by atoms with E-state index in [1.54, 1.807) is 0 Å². The molecule has 0 saturated carbocycles. The highest BCUT2D eigenvalue weighted by Crippen LogP contribution is 2.10. The van der Waals surface area contributed by atoms with Gasteiger partial charge in [-0.05, 0) is 38.3 Å². The number of nitrogens with one attached hydrogen (secondary N) is 2. The van der Waals surface area contributed by atoms with Crippen molar-refractivity contribution in [3.63, 3.8) is 0 Å². The third kappa shape index (κ3) is 4.84. The van der Waals surface area contributed by atoms with Crippen LogP contribution in [-0.4, -0.2) is 44.2 Å². The van der Waals surface area contributed by atoms with E-state index in [1.807, 2.05) is 11.9 Å². The Labute approximate surface area is 98.8 Å². The molecule has 1 heterocycles. The largest absolute Gasteiger partial charge is 0.338 e. The maximum atomic E-state index is 11.7. The minimum Gasteiger partial charge on any atom is -0.338 e. The molecule has 94 valence electrons. The third-order valence-electron chi connectivity index (χ3n) is 3.08. The van der Waals surface area contributed by atoms with Gasteiger partial charge in [-0.2, -0.15) is 0 Å². The number of piperidine rings is 1. The molecule has 0 radical (unpaired) electrons. The van der Waals surface area contributed by atoms with E-state index in [4.69, 9.17) is 0 Å². The van der Waals surface area contributed by atoms with Gasteiger partial charge in [0.1, 0.15) is 0 Å². The Morgan fingerprint density at radius 3 is 3.00 bits per heavy atom. The Morgan fingerprint density at radius 2 is 2.38 bits per heavy atom. The average Bonchev–Trinajstić information content (AvgIpc) is 2.30. The molecule has 1 unspecified atom stereocenters. The Kier molecular flexibility index (Phi) is 6.23. The van der Waals surface area contributed by atoms with Gasteiger partial charge in [0.05, 0.1) is 0 Å². The van der Waals surface area contributed by atoms with Crippen LogP contribution in [0.2, 0.25) is 0 Å². The second-order valence-electron chi connectivity index (χ2n) is 4.68. The lowest BCUT2D eigenvalue weighted by Gasteiger charge is -2.27. The van der Waals surface area contributed by atoms with E-state index in [1.165, 1.54) is 12.8 Å². The minimum atomic E-state index is 0.0685. The topological polar surface area (TPSA) is 44.4 Å². The number of rotatable bonds is 5. The number of nitrogens with zero attached hydrogens (tertiary/aromatic N) is 1. The van der Waals surface area contributed by atoms with E-state index in [9.17, 15) is 4.79 Å². The first-order chi connectivity index (χ1) is 7.74. The van der Waals surface area contributed by atoms with E-state index in [2.05, 4.69) is 17.6 Å². The molecule has 1 atom stereocenters. The normalized spacial score (nSPS) is 20.5. The van der Waals surface area contributed by atoms with Crippen LogP contribution in [0.3, 0.4) is 0 Å². The minimum absolute atomic E-state index is 0.0685. The zero-order valence-corrected chi connectivity index (χ0v) is 10.6. The van der Waals surface area contributed by atoms with Gasteiger partial charge in [-0.1, -0.05) is 13.3 Å². The van der Waals surface area contributed by atoms with Crippen LogP contribution in [0.4, 0.5) is 4.79 Å². The number of carbonyl (C=O) groups is 1. The standard InChI is InChI=1S/C12H25N3O/c1-3-4-8-14-12(16)15(2)10-11-6-5-7-13-9-11/h11,13H,3-10H2,1-2H3,(H,14,16). The smallest absolute Gasteiger partial charge is 0.317 e. The van der Waals surface area contributed by atoms with E-state index < -0.39 is 0 Å². The summed E-state index contributed by atoms with van der Waals surface area (Å²) >= 11 is 0. The predicted octanol–water partition coefficient (Wildman–Crippen LogP) is 1.43. The Balaban J connectivity index is 2.16. The van der Waals surface area contributed by atoms with E-state index >= 15 is 0 Å². The SMILES string of the molecule is CCCCNC(=O)N(C)CC1CCCNC1. The Hall–Kier alpha value is -0.770. The molecule has 0 aliphatic carbocycles. The zero-order chi connectivity index (χ0) is 11.8. The van der Waals surface area contributed by atoms with Gasteiger partial charge in [0.2, 0.25) is 0 Å². The number of hydrogen-bond acceptors (Lipinski definition) is 2. The molecule has 0 aromatic rings. The number of urea groups is 1. The quantitative estimate of drug-likeness (QED) is 0.698. The maximum Gasteiger partial charge on any atom is 0.317 e. The van der Waals surface area contributed by atoms with E-state index in [0.29, 0.717) is 5.92 Å². The van der Waals surface area contributed by atoms with Crippen LogP contribution in [0.5, 0.6) is 0 Å². The van der Waals surface area contributed by atoms with Crippen molar-refractivity contribution in [1.29, 1.82) is 0 Å². The first-order valence-electron chi connectivity index (χ1n) is 6.43. The van der Waals surface area contributed by atoms with Crippen LogP contribution < -0.4 is 10.6 Å². The molecule has 0 aromatic heterocycles.